The Bertz CT molecular complexity index is 1860. The van der Waals surface area contributed by atoms with Crippen molar-refractivity contribution in [1.29, 1.82) is 5.26 Å². The van der Waals surface area contributed by atoms with Crippen molar-refractivity contribution < 1.29 is 22.4 Å². The van der Waals surface area contributed by atoms with Crippen molar-refractivity contribution in [2.75, 3.05) is 42.7 Å². The molecule has 11 heteroatoms. The molecule has 0 bridgehead atoms. The number of nitrogens with zero attached hydrogens (tertiary/aromatic N) is 3. The fourth-order valence-electron chi connectivity index (χ4n) is 6.22. The first kappa shape index (κ1) is 31.3. The lowest BCUT2D eigenvalue weighted by Crippen LogP contribution is -2.44. The zero-order valence-corrected chi connectivity index (χ0v) is 26.6. The van der Waals surface area contributed by atoms with Crippen molar-refractivity contribution in [1.82, 2.24) is 10.2 Å². The van der Waals surface area contributed by atoms with Crippen LogP contribution in [-0.4, -0.2) is 63.6 Å². The van der Waals surface area contributed by atoms with Crippen LogP contribution < -0.4 is 15.5 Å². The highest BCUT2D eigenvalue weighted by molar-refractivity contribution is 7.90. The van der Waals surface area contributed by atoms with E-state index in [4.69, 9.17) is 9.68 Å². The van der Waals surface area contributed by atoms with Crippen LogP contribution in [0.1, 0.15) is 47.4 Å². The van der Waals surface area contributed by atoms with E-state index in [9.17, 15) is 18.0 Å². The Kier molecular flexibility index (Phi) is 9.10. The van der Waals surface area contributed by atoms with Gasteiger partial charge in [0.1, 0.15) is 5.58 Å². The van der Waals surface area contributed by atoms with Gasteiger partial charge in [-0.25, -0.2) is 8.42 Å². The van der Waals surface area contributed by atoms with Crippen molar-refractivity contribution in [3.63, 3.8) is 0 Å². The largest absolute Gasteiger partial charge is 0.451 e. The minimum Gasteiger partial charge on any atom is -0.451 e. The molecular weight excluding hydrogens is 602 g/mol. The SMILES string of the molecule is CS(=O)(=O)c1ccc(N2CCC(C(=O)Nc3ccc4oc(C(=O)NC5CCN(Cc6ccc(C#N)cc6)CC5)cc4c3)CC2)cc1. The molecule has 0 aliphatic carbocycles. The molecular formula is C35H37N5O5S. The summed E-state index contributed by atoms with van der Waals surface area (Å²) in [6.07, 6.45) is 4.25. The molecule has 0 saturated carbocycles. The fraction of sp³-hybridized carbons (Fsp3) is 0.343. The molecule has 0 unspecified atom stereocenters. The van der Waals surface area contributed by atoms with E-state index >= 15 is 0 Å². The number of carbonyl (C=O) groups excluding carboxylic acids is 2. The molecule has 6 rings (SSSR count). The molecule has 2 aliphatic heterocycles. The maximum Gasteiger partial charge on any atom is 0.287 e. The minimum absolute atomic E-state index is 0.0431. The molecule has 2 fully saturated rings. The molecule has 4 aromatic rings. The number of furan rings is 1. The Hall–Kier alpha value is -4.66. The Balaban J connectivity index is 0.980. The monoisotopic (exact) mass is 639 g/mol. The normalized spacial score (nSPS) is 16.7. The molecule has 2 N–H and O–H groups in total. The van der Waals surface area contributed by atoms with E-state index in [2.05, 4.69) is 26.5 Å². The second kappa shape index (κ2) is 13.4. The van der Waals surface area contributed by atoms with Gasteiger partial charge in [0.2, 0.25) is 5.91 Å². The third-order valence-corrected chi connectivity index (χ3v) is 10.0. The molecule has 0 spiro atoms. The number of sulfone groups is 1. The first-order chi connectivity index (χ1) is 22.1. The van der Waals surface area contributed by atoms with Crippen molar-refractivity contribution in [2.24, 2.45) is 5.92 Å². The number of piperidine rings is 2. The number of amides is 2. The van der Waals surface area contributed by atoms with E-state index in [1.807, 2.05) is 42.5 Å². The summed E-state index contributed by atoms with van der Waals surface area (Å²) in [5.74, 6) is -0.178. The van der Waals surface area contributed by atoms with Crippen LogP contribution in [-0.2, 0) is 21.2 Å². The topological polar surface area (TPSA) is 136 Å². The zero-order chi connectivity index (χ0) is 32.3. The number of nitrogens with one attached hydrogen (secondary N) is 2. The lowest BCUT2D eigenvalue weighted by Gasteiger charge is -2.33. The van der Waals surface area contributed by atoms with Gasteiger partial charge in [0.25, 0.3) is 5.91 Å². The second-order valence-electron chi connectivity index (χ2n) is 12.2. The second-order valence-corrected chi connectivity index (χ2v) is 14.2. The van der Waals surface area contributed by atoms with E-state index in [1.54, 1.807) is 30.3 Å². The Morgan fingerprint density at radius 3 is 2.26 bits per heavy atom. The molecule has 3 aromatic carbocycles. The fourth-order valence-corrected chi connectivity index (χ4v) is 6.85. The summed E-state index contributed by atoms with van der Waals surface area (Å²) >= 11 is 0. The number of nitriles is 1. The van der Waals surface area contributed by atoms with Gasteiger partial charge in [0, 0.05) is 67.7 Å². The molecule has 10 nitrogen and oxygen atoms in total. The number of carbonyl (C=O) groups is 2. The van der Waals surface area contributed by atoms with Crippen LogP contribution in [0.2, 0.25) is 0 Å². The van der Waals surface area contributed by atoms with E-state index in [-0.39, 0.29) is 29.5 Å². The molecule has 2 saturated heterocycles. The molecule has 3 heterocycles. The summed E-state index contributed by atoms with van der Waals surface area (Å²) in [5, 5.41) is 15.9. The summed E-state index contributed by atoms with van der Waals surface area (Å²) in [5.41, 5.74) is 4.00. The minimum atomic E-state index is -3.24. The van der Waals surface area contributed by atoms with Crippen LogP contribution in [0.4, 0.5) is 11.4 Å². The smallest absolute Gasteiger partial charge is 0.287 e. The predicted octanol–water partition coefficient (Wildman–Crippen LogP) is 4.96. The number of anilines is 2. The van der Waals surface area contributed by atoms with Gasteiger partial charge in [-0.2, -0.15) is 5.26 Å². The van der Waals surface area contributed by atoms with Crippen molar-refractivity contribution >= 4 is 44.0 Å². The van der Waals surface area contributed by atoms with Gasteiger partial charge < -0.3 is 20.0 Å². The van der Waals surface area contributed by atoms with E-state index in [0.717, 1.165) is 43.5 Å². The quantitative estimate of drug-likeness (QED) is 0.276. The van der Waals surface area contributed by atoms with Crippen LogP contribution in [0, 0.1) is 17.2 Å². The highest BCUT2D eigenvalue weighted by Crippen LogP contribution is 2.28. The first-order valence-electron chi connectivity index (χ1n) is 15.6. The molecule has 238 valence electrons. The van der Waals surface area contributed by atoms with Crippen molar-refractivity contribution in [3.8, 4) is 6.07 Å². The van der Waals surface area contributed by atoms with E-state index in [0.29, 0.717) is 47.7 Å². The van der Waals surface area contributed by atoms with Gasteiger partial charge in [-0.3, -0.25) is 14.5 Å². The summed E-state index contributed by atoms with van der Waals surface area (Å²) < 4.78 is 29.3. The molecule has 2 aliphatic rings. The standard InChI is InChI=1S/C35H37N5O5S/c1-46(43,44)31-9-7-30(8-10-31)40-18-12-26(13-19-40)34(41)38-29-6-11-32-27(20-29)21-33(45-32)35(42)37-28-14-16-39(17-15-28)23-25-4-2-24(22-36)3-5-25/h2-11,20-21,26,28H,12-19,23H2,1H3,(H,37,42)(H,38,41). The highest BCUT2D eigenvalue weighted by atomic mass is 32.2. The average molecular weight is 640 g/mol. The molecule has 0 radical (unpaired) electrons. The zero-order valence-electron chi connectivity index (χ0n) is 25.7. The van der Waals surface area contributed by atoms with Crippen molar-refractivity contribution in [3.05, 3.63) is 89.7 Å². The summed E-state index contributed by atoms with van der Waals surface area (Å²) in [6, 6.07) is 23.8. The molecule has 46 heavy (non-hydrogen) atoms. The third-order valence-electron chi connectivity index (χ3n) is 8.92. The first-order valence-corrected chi connectivity index (χ1v) is 17.5. The van der Waals surface area contributed by atoms with Gasteiger partial charge in [-0.1, -0.05) is 12.1 Å². The number of hydrogen-bond acceptors (Lipinski definition) is 8. The molecule has 2 amide bonds. The number of hydrogen-bond donors (Lipinski definition) is 2. The summed E-state index contributed by atoms with van der Waals surface area (Å²) in [6.45, 7) is 3.95. The lowest BCUT2D eigenvalue weighted by molar-refractivity contribution is -0.120. The third kappa shape index (κ3) is 7.41. The van der Waals surface area contributed by atoms with Crippen LogP contribution in [0.5, 0.6) is 0 Å². The number of rotatable bonds is 8. The summed E-state index contributed by atoms with van der Waals surface area (Å²) in [4.78, 5) is 30.9. The average Bonchev–Trinajstić information content (AvgIpc) is 3.50. The Morgan fingerprint density at radius 2 is 1.61 bits per heavy atom. The van der Waals surface area contributed by atoms with Crippen LogP contribution in [0.25, 0.3) is 11.0 Å². The van der Waals surface area contributed by atoms with Gasteiger partial charge >= 0.3 is 0 Å². The maximum atomic E-state index is 13.1. The van der Waals surface area contributed by atoms with Crippen LogP contribution >= 0.6 is 0 Å². The summed E-state index contributed by atoms with van der Waals surface area (Å²) in [7, 11) is -3.24. The number of fused-ring (bicyclic) bond motifs is 1. The van der Waals surface area contributed by atoms with E-state index in [1.165, 1.54) is 11.8 Å². The van der Waals surface area contributed by atoms with Crippen molar-refractivity contribution in [2.45, 2.75) is 43.2 Å². The van der Waals surface area contributed by atoms with Gasteiger partial charge in [-0.05, 0) is 91.9 Å². The Labute approximate surface area is 268 Å². The lowest BCUT2D eigenvalue weighted by atomic mass is 9.95. The van der Waals surface area contributed by atoms with Crippen LogP contribution in [0.3, 0.4) is 0 Å². The highest BCUT2D eigenvalue weighted by Gasteiger charge is 2.26. The maximum absolute atomic E-state index is 13.1. The van der Waals surface area contributed by atoms with Gasteiger partial charge in [0.05, 0.1) is 16.5 Å². The molecule has 0 atom stereocenters. The van der Waals surface area contributed by atoms with Gasteiger partial charge in [-0.15, -0.1) is 0 Å². The predicted molar refractivity (Wildman–Crippen MR) is 176 cm³/mol. The number of benzene rings is 3. The number of likely N-dealkylation sites (tertiary alicyclic amines) is 1. The molecule has 1 aromatic heterocycles. The van der Waals surface area contributed by atoms with Gasteiger partial charge in [0.15, 0.2) is 15.6 Å². The Morgan fingerprint density at radius 1 is 0.913 bits per heavy atom. The van der Waals surface area contributed by atoms with E-state index < -0.39 is 9.84 Å². The van der Waals surface area contributed by atoms with Crippen LogP contribution in [0.15, 0.2) is 82.1 Å².